The Kier molecular flexibility index (Phi) is 2.03. The van der Waals surface area contributed by atoms with Gasteiger partial charge >= 0.3 is 17.4 Å². The van der Waals surface area contributed by atoms with Crippen molar-refractivity contribution in [2.75, 3.05) is 0 Å². The molecule has 1 heterocycles. The van der Waals surface area contributed by atoms with Crippen molar-refractivity contribution in [3.05, 3.63) is 12.4 Å². The largest absolute Gasteiger partial charge is 0.360 e. The molecule has 0 radical (unpaired) electrons. The molecule has 0 aliphatic rings. The number of hydrogen-bond donors (Lipinski definition) is 1. The smallest absolute Gasteiger partial charge is 0.342 e. The van der Waals surface area contributed by atoms with Gasteiger partial charge in [0, 0.05) is 19.4 Å². The monoisotopic (exact) mass is 162 g/mol. The average Bonchev–Trinajstić information content (AvgIpc) is 2.15. The minimum absolute atomic E-state index is 0.126. The number of nitrogens with zero attached hydrogens (tertiary/aromatic N) is 2. The average molecular weight is 162 g/mol. The molecule has 1 aromatic rings. The van der Waals surface area contributed by atoms with E-state index in [1.54, 1.807) is 13.2 Å². The minimum Gasteiger partial charge on any atom is -0.342 e. The van der Waals surface area contributed by atoms with E-state index in [9.17, 15) is 4.21 Å². The fourth-order valence-electron chi connectivity index (χ4n) is 0.496. The van der Waals surface area contributed by atoms with Gasteiger partial charge in [0.15, 0.2) is 0 Å². The molecule has 1 aromatic heterocycles. The lowest BCUT2D eigenvalue weighted by atomic mass is 10.9. The zero-order chi connectivity index (χ0) is 7.56. The van der Waals surface area contributed by atoms with E-state index in [1.807, 2.05) is 0 Å². The first-order chi connectivity index (χ1) is 4.70. The van der Waals surface area contributed by atoms with Crippen LogP contribution < -0.4 is 4.18 Å². The Bertz CT molecular complexity index is 246. The Hall–Kier alpha value is -0.880. The molecule has 1 atom stereocenters. The third kappa shape index (κ3) is 1.55. The van der Waals surface area contributed by atoms with Crippen LogP contribution >= 0.6 is 0 Å². The van der Waals surface area contributed by atoms with Crippen LogP contribution in [-0.2, 0) is 18.4 Å². The van der Waals surface area contributed by atoms with E-state index in [1.165, 1.54) is 10.8 Å². The number of aromatic nitrogens is 2. The van der Waals surface area contributed by atoms with Gasteiger partial charge in [-0.15, -0.1) is 0 Å². The highest BCUT2D eigenvalue weighted by atomic mass is 32.2. The van der Waals surface area contributed by atoms with E-state index in [4.69, 9.17) is 4.55 Å². The first-order valence-electron chi connectivity index (χ1n) is 2.46. The van der Waals surface area contributed by atoms with E-state index in [0.717, 1.165) is 0 Å². The summed E-state index contributed by atoms with van der Waals surface area (Å²) in [5.74, 6) is 0. The van der Waals surface area contributed by atoms with Crippen LogP contribution in [0.3, 0.4) is 0 Å². The summed E-state index contributed by atoms with van der Waals surface area (Å²) in [5.41, 5.74) is 0. The molecule has 0 amide bonds. The summed E-state index contributed by atoms with van der Waals surface area (Å²) in [5, 5.41) is 0. The van der Waals surface area contributed by atoms with Crippen LogP contribution in [0.5, 0.6) is 6.01 Å². The maximum Gasteiger partial charge on any atom is 0.360 e. The number of hydrogen-bond acceptors (Lipinski definition) is 3. The van der Waals surface area contributed by atoms with Gasteiger partial charge in [-0.2, -0.15) is 4.21 Å². The Morgan fingerprint density at radius 2 is 2.60 bits per heavy atom. The van der Waals surface area contributed by atoms with Gasteiger partial charge in [-0.3, -0.25) is 4.55 Å². The second-order valence-corrected chi connectivity index (χ2v) is 2.22. The molecule has 1 unspecified atom stereocenters. The third-order valence-electron chi connectivity index (χ3n) is 0.923. The van der Waals surface area contributed by atoms with Crippen LogP contribution in [-0.4, -0.2) is 18.3 Å². The second-order valence-electron chi connectivity index (χ2n) is 1.62. The summed E-state index contributed by atoms with van der Waals surface area (Å²) < 4.78 is 24.2. The van der Waals surface area contributed by atoms with Crippen molar-refractivity contribution in [2.45, 2.75) is 0 Å². The molecule has 6 heteroatoms. The minimum atomic E-state index is -2.29. The van der Waals surface area contributed by atoms with E-state index in [-0.39, 0.29) is 6.01 Å². The highest BCUT2D eigenvalue weighted by molar-refractivity contribution is 7.74. The highest BCUT2D eigenvalue weighted by Gasteiger charge is 2.01. The van der Waals surface area contributed by atoms with Crippen molar-refractivity contribution >= 4 is 11.4 Å². The lowest BCUT2D eigenvalue weighted by molar-refractivity contribution is 0.430. The van der Waals surface area contributed by atoms with Crippen molar-refractivity contribution < 1.29 is 12.9 Å². The Balaban J connectivity index is 2.74. The fourth-order valence-corrected chi connectivity index (χ4v) is 0.784. The number of rotatable bonds is 2. The van der Waals surface area contributed by atoms with Gasteiger partial charge < -0.3 is 8.75 Å². The van der Waals surface area contributed by atoms with Gasteiger partial charge in [-0.1, -0.05) is 0 Å². The molecule has 0 spiro atoms. The normalized spacial score (nSPS) is 13.0. The Labute approximate surface area is 60.1 Å². The predicted octanol–water partition coefficient (Wildman–Crippen LogP) is -0.0644. The second kappa shape index (κ2) is 2.80. The molecule has 0 saturated carbocycles. The van der Waals surface area contributed by atoms with Crippen molar-refractivity contribution in [1.29, 1.82) is 0 Å². The van der Waals surface area contributed by atoms with Gasteiger partial charge in [-0.25, -0.2) is 4.98 Å². The SMILES string of the molecule is Cn1ccnc1OS(=O)O. The molecule has 0 bridgehead atoms. The third-order valence-corrected chi connectivity index (χ3v) is 1.21. The molecule has 1 N–H and O–H groups in total. The van der Waals surface area contributed by atoms with Gasteiger partial charge in [0.25, 0.3) is 0 Å². The van der Waals surface area contributed by atoms with Crippen molar-refractivity contribution in [3.8, 4) is 6.01 Å². The van der Waals surface area contributed by atoms with Crippen molar-refractivity contribution in [3.63, 3.8) is 0 Å². The molecule has 1 rings (SSSR count). The predicted molar refractivity (Wildman–Crippen MR) is 34.6 cm³/mol. The maximum absolute atomic E-state index is 10.1. The molecular weight excluding hydrogens is 156 g/mol. The lowest BCUT2D eigenvalue weighted by Crippen LogP contribution is -2.02. The number of aryl methyl sites for hydroxylation is 1. The topological polar surface area (TPSA) is 64.4 Å². The van der Waals surface area contributed by atoms with Crippen LogP contribution in [0, 0.1) is 0 Å². The van der Waals surface area contributed by atoms with Crippen LogP contribution in [0.2, 0.25) is 0 Å². The summed E-state index contributed by atoms with van der Waals surface area (Å²) in [6.45, 7) is 0. The van der Waals surface area contributed by atoms with Crippen molar-refractivity contribution in [2.24, 2.45) is 7.05 Å². The quantitative estimate of drug-likeness (QED) is 0.618. The van der Waals surface area contributed by atoms with Crippen LogP contribution in [0.4, 0.5) is 0 Å². The Morgan fingerprint density at radius 1 is 1.90 bits per heavy atom. The summed E-state index contributed by atoms with van der Waals surface area (Å²) in [6, 6.07) is 0.126. The van der Waals surface area contributed by atoms with Gasteiger partial charge in [0.2, 0.25) is 0 Å². The molecule has 0 saturated heterocycles. The first-order valence-corrected chi connectivity index (χ1v) is 3.50. The maximum atomic E-state index is 10.1. The first kappa shape index (κ1) is 7.23. The molecular formula is C4H6N2O3S. The van der Waals surface area contributed by atoms with Gasteiger partial charge in [-0.05, 0) is 0 Å². The van der Waals surface area contributed by atoms with Crippen molar-refractivity contribution in [1.82, 2.24) is 9.55 Å². The van der Waals surface area contributed by atoms with E-state index in [0.29, 0.717) is 0 Å². The number of imidazole rings is 1. The van der Waals surface area contributed by atoms with Crippen LogP contribution in [0.25, 0.3) is 0 Å². The van der Waals surface area contributed by atoms with E-state index >= 15 is 0 Å². The van der Waals surface area contributed by atoms with Crippen LogP contribution in [0.1, 0.15) is 0 Å². The summed E-state index contributed by atoms with van der Waals surface area (Å²) in [6.07, 6.45) is 3.09. The summed E-state index contributed by atoms with van der Waals surface area (Å²) >= 11 is -2.29. The molecule has 0 aromatic carbocycles. The van der Waals surface area contributed by atoms with Gasteiger partial charge in [0.05, 0.1) is 0 Å². The zero-order valence-corrected chi connectivity index (χ0v) is 6.04. The van der Waals surface area contributed by atoms with E-state index in [2.05, 4.69) is 9.17 Å². The zero-order valence-electron chi connectivity index (χ0n) is 5.22. The molecule has 5 nitrogen and oxygen atoms in total. The fraction of sp³-hybridized carbons (Fsp3) is 0.250. The van der Waals surface area contributed by atoms with Crippen LogP contribution in [0.15, 0.2) is 12.4 Å². The molecule has 0 fully saturated rings. The standard InChI is InChI=1S/C4H6N2O3S/c1-6-3-2-5-4(6)9-10(7)8/h2-3H,1H3,(H,7,8). The molecule has 10 heavy (non-hydrogen) atoms. The summed E-state index contributed by atoms with van der Waals surface area (Å²) in [4.78, 5) is 3.64. The molecule has 0 aliphatic carbocycles. The van der Waals surface area contributed by atoms with E-state index < -0.39 is 11.4 Å². The highest BCUT2D eigenvalue weighted by Crippen LogP contribution is 2.04. The van der Waals surface area contributed by atoms with Gasteiger partial charge in [0.1, 0.15) is 0 Å². The lowest BCUT2D eigenvalue weighted by Gasteiger charge is -1.96. The molecule has 56 valence electrons. The Morgan fingerprint density at radius 3 is 3.00 bits per heavy atom. The molecule has 0 aliphatic heterocycles. The summed E-state index contributed by atoms with van der Waals surface area (Å²) in [7, 11) is 1.66.